The van der Waals surface area contributed by atoms with Gasteiger partial charge >= 0.3 is 13.7 Å². The smallest absolute Gasteiger partial charge is 0.407 e. The zero-order chi connectivity index (χ0) is 18.5. The lowest BCUT2D eigenvalue weighted by atomic mass is 10.0. The molecule has 0 aliphatic carbocycles. The normalized spacial score (nSPS) is 14.8. The first-order chi connectivity index (χ1) is 10.9. The third-order valence-electron chi connectivity index (χ3n) is 3.38. The molecule has 0 radical (unpaired) electrons. The molecule has 0 fully saturated rings. The van der Waals surface area contributed by atoms with Gasteiger partial charge in [-0.25, -0.2) is 4.79 Å². The maximum absolute atomic E-state index is 12.0. The Morgan fingerprint density at radius 1 is 1.29 bits per heavy atom. The van der Waals surface area contributed by atoms with Gasteiger partial charge in [-0.1, -0.05) is 19.1 Å². The molecular weight excluding hydrogens is 331 g/mol. The molecule has 0 spiro atoms. The lowest BCUT2D eigenvalue weighted by Gasteiger charge is -2.26. The van der Waals surface area contributed by atoms with Crippen molar-refractivity contribution in [2.45, 2.75) is 57.8 Å². The highest BCUT2D eigenvalue weighted by atomic mass is 31.2. The number of hydrogen-bond acceptors (Lipinski definition) is 4. The predicted molar refractivity (Wildman–Crippen MR) is 93.8 cm³/mol. The highest BCUT2D eigenvalue weighted by molar-refractivity contribution is 7.52. The Labute approximate surface area is 142 Å². The molecule has 8 heteroatoms. The van der Waals surface area contributed by atoms with Crippen molar-refractivity contribution in [2.24, 2.45) is 0 Å². The van der Waals surface area contributed by atoms with E-state index in [2.05, 4.69) is 5.32 Å². The number of carbonyl (C=O) groups excluding carboxylic acids is 1. The van der Waals surface area contributed by atoms with Gasteiger partial charge in [0, 0.05) is 11.7 Å². The van der Waals surface area contributed by atoms with Crippen LogP contribution in [-0.2, 0) is 15.7 Å². The van der Waals surface area contributed by atoms with Gasteiger partial charge in [0.05, 0.1) is 5.66 Å². The number of rotatable bonds is 6. The van der Waals surface area contributed by atoms with Crippen LogP contribution < -0.4 is 11.1 Å². The van der Waals surface area contributed by atoms with Gasteiger partial charge in [-0.3, -0.25) is 4.57 Å². The number of benzene rings is 1. The molecule has 7 nitrogen and oxygen atoms in total. The molecule has 0 heterocycles. The monoisotopic (exact) mass is 358 g/mol. The number of hydrogen-bond donors (Lipinski definition) is 4. The second-order valence-corrected chi connectivity index (χ2v) is 9.02. The van der Waals surface area contributed by atoms with Crippen LogP contribution in [0.4, 0.5) is 10.5 Å². The number of amides is 1. The molecule has 24 heavy (non-hydrogen) atoms. The topological polar surface area (TPSA) is 122 Å². The molecule has 136 valence electrons. The summed E-state index contributed by atoms with van der Waals surface area (Å²) in [6.07, 6.45) is -0.0570. The Bertz CT molecular complexity index is 591. The molecule has 0 unspecified atom stereocenters. The van der Waals surface area contributed by atoms with E-state index < -0.39 is 31.0 Å². The molecule has 1 aromatic carbocycles. The largest absolute Gasteiger partial charge is 0.444 e. The van der Waals surface area contributed by atoms with E-state index in [0.717, 1.165) is 5.56 Å². The van der Waals surface area contributed by atoms with E-state index in [9.17, 15) is 19.1 Å². The molecule has 1 rings (SSSR count). The molecule has 0 saturated carbocycles. The molecule has 1 aromatic rings. The van der Waals surface area contributed by atoms with Crippen molar-refractivity contribution >= 4 is 19.4 Å². The van der Waals surface area contributed by atoms with Gasteiger partial charge in [-0.2, -0.15) is 0 Å². The summed E-state index contributed by atoms with van der Waals surface area (Å²) in [6, 6.07) is 6.66. The van der Waals surface area contributed by atoms with Crippen LogP contribution >= 0.6 is 7.60 Å². The number of nitrogens with one attached hydrogen (secondary N) is 1. The SMILES string of the molecule is C[C@@H](C[C@H](Cc1ccc(N)cc1)NC(=O)OC(C)(C)C)P(=O)(O)O. The Morgan fingerprint density at radius 2 is 1.83 bits per heavy atom. The fourth-order valence-electron chi connectivity index (χ4n) is 2.15. The van der Waals surface area contributed by atoms with Gasteiger partial charge in [0.1, 0.15) is 5.60 Å². The number of carbonyl (C=O) groups is 1. The van der Waals surface area contributed by atoms with Crippen LogP contribution in [0, 0.1) is 0 Å². The standard InChI is InChI=1S/C16H27N2O5P/c1-11(24(20,21)22)9-14(18-15(19)23-16(2,3)4)10-12-5-7-13(17)8-6-12/h5-8,11,14H,9-10,17H2,1-4H3,(H,18,19)(H2,20,21,22)/t11-,14+/m0/s1. The third-order valence-corrected chi connectivity index (χ3v) is 4.74. The minimum Gasteiger partial charge on any atom is -0.444 e. The van der Waals surface area contributed by atoms with Crippen molar-refractivity contribution in [1.29, 1.82) is 0 Å². The molecule has 0 saturated heterocycles. The molecule has 2 atom stereocenters. The van der Waals surface area contributed by atoms with E-state index in [0.29, 0.717) is 12.1 Å². The predicted octanol–water partition coefficient (Wildman–Crippen LogP) is 2.66. The van der Waals surface area contributed by atoms with E-state index in [1.54, 1.807) is 32.9 Å². The number of nitrogen functional groups attached to an aromatic ring is 1. The van der Waals surface area contributed by atoms with Crippen molar-refractivity contribution in [2.75, 3.05) is 5.73 Å². The molecule has 0 aliphatic heterocycles. The molecule has 0 bridgehead atoms. The van der Waals surface area contributed by atoms with E-state index in [-0.39, 0.29) is 6.42 Å². The van der Waals surface area contributed by atoms with Crippen molar-refractivity contribution in [1.82, 2.24) is 5.32 Å². The first-order valence-electron chi connectivity index (χ1n) is 7.76. The van der Waals surface area contributed by atoms with Gasteiger partial charge in [-0.05, 0) is 51.3 Å². The van der Waals surface area contributed by atoms with Crippen LogP contribution in [-0.4, -0.2) is 33.2 Å². The van der Waals surface area contributed by atoms with Crippen molar-refractivity contribution in [3.63, 3.8) is 0 Å². The second kappa shape index (κ2) is 8.01. The Morgan fingerprint density at radius 3 is 2.29 bits per heavy atom. The highest BCUT2D eigenvalue weighted by Gasteiger charge is 2.29. The van der Waals surface area contributed by atoms with Crippen LogP contribution in [0.2, 0.25) is 0 Å². The summed E-state index contributed by atoms with van der Waals surface area (Å²) in [4.78, 5) is 30.6. The summed E-state index contributed by atoms with van der Waals surface area (Å²) in [5.41, 5.74) is 5.67. The fraction of sp³-hybridized carbons (Fsp3) is 0.562. The second-order valence-electron chi connectivity index (χ2n) is 6.96. The summed E-state index contributed by atoms with van der Waals surface area (Å²) >= 11 is 0. The molecule has 0 aliphatic rings. The quantitative estimate of drug-likeness (QED) is 0.458. The van der Waals surface area contributed by atoms with Gasteiger partial charge < -0.3 is 25.6 Å². The zero-order valence-corrected chi connectivity index (χ0v) is 15.4. The van der Waals surface area contributed by atoms with E-state index >= 15 is 0 Å². The van der Waals surface area contributed by atoms with Gasteiger partial charge in [0.2, 0.25) is 0 Å². The minimum atomic E-state index is -4.22. The molecule has 0 aromatic heterocycles. The summed E-state index contributed by atoms with van der Waals surface area (Å²) in [5, 5.41) is 2.70. The van der Waals surface area contributed by atoms with Crippen molar-refractivity contribution < 1.29 is 23.9 Å². The number of anilines is 1. The average molecular weight is 358 g/mol. The highest BCUT2D eigenvalue weighted by Crippen LogP contribution is 2.43. The molecular formula is C16H27N2O5P. The summed E-state index contributed by atoms with van der Waals surface area (Å²) < 4.78 is 16.6. The summed E-state index contributed by atoms with van der Waals surface area (Å²) in [7, 11) is -4.22. The van der Waals surface area contributed by atoms with Crippen LogP contribution in [0.5, 0.6) is 0 Å². The zero-order valence-electron chi connectivity index (χ0n) is 14.5. The van der Waals surface area contributed by atoms with Gasteiger partial charge in [0.25, 0.3) is 0 Å². The summed E-state index contributed by atoms with van der Waals surface area (Å²) in [5.74, 6) is 0. The van der Waals surface area contributed by atoms with Crippen LogP contribution in [0.25, 0.3) is 0 Å². The van der Waals surface area contributed by atoms with Gasteiger partial charge in [0.15, 0.2) is 0 Å². The molecule has 1 amide bonds. The Balaban J connectivity index is 2.84. The Kier molecular flexibility index (Phi) is 6.84. The van der Waals surface area contributed by atoms with E-state index in [1.165, 1.54) is 6.92 Å². The summed E-state index contributed by atoms with van der Waals surface area (Å²) in [6.45, 7) is 6.72. The first kappa shape index (κ1) is 20.5. The van der Waals surface area contributed by atoms with Crippen LogP contribution in [0.1, 0.15) is 39.7 Å². The van der Waals surface area contributed by atoms with Crippen molar-refractivity contribution in [3.8, 4) is 0 Å². The number of nitrogens with two attached hydrogens (primary N) is 1. The van der Waals surface area contributed by atoms with Crippen molar-refractivity contribution in [3.05, 3.63) is 29.8 Å². The molecule has 5 N–H and O–H groups in total. The Hall–Kier alpha value is -1.56. The number of ether oxygens (including phenoxy) is 1. The van der Waals surface area contributed by atoms with Gasteiger partial charge in [-0.15, -0.1) is 0 Å². The van der Waals surface area contributed by atoms with E-state index in [1.807, 2.05) is 12.1 Å². The lowest BCUT2D eigenvalue weighted by molar-refractivity contribution is 0.0501. The first-order valence-corrected chi connectivity index (χ1v) is 9.44. The lowest BCUT2D eigenvalue weighted by Crippen LogP contribution is -2.41. The van der Waals surface area contributed by atoms with E-state index in [4.69, 9.17) is 10.5 Å². The van der Waals surface area contributed by atoms with Crippen LogP contribution in [0.15, 0.2) is 24.3 Å². The third kappa shape index (κ3) is 7.81. The number of alkyl carbamates (subject to hydrolysis) is 1. The minimum absolute atomic E-state index is 0.133. The average Bonchev–Trinajstić information content (AvgIpc) is 2.37. The van der Waals surface area contributed by atoms with Crippen LogP contribution in [0.3, 0.4) is 0 Å². The maximum atomic E-state index is 12.0. The fourth-order valence-corrected chi connectivity index (χ4v) is 2.68. The maximum Gasteiger partial charge on any atom is 0.407 e.